The Morgan fingerprint density at radius 1 is 1.31 bits per heavy atom. The molecule has 2 atom stereocenters. The molecule has 1 N–H and O–H groups in total. The lowest BCUT2D eigenvalue weighted by Crippen LogP contribution is -2.24. The molecule has 0 aromatic carbocycles. The molecule has 1 aromatic heterocycles. The summed E-state index contributed by atoms with van der Waals surface area (Å²) in [5.74, 6) is 0.946. The highest BCUT2D eigenvalue weighted by Crippen LogP contribution is 2.20. The van der Waals surface area contributed by atoms with E-state index in [4.69, 9.17) is 0 Å². The average molecular weight is 225 g/mol. The molecule has 0 spiro atoms. The minimum Gasteiger partial charge on any atom is -0.308 e. The number of tetrazole rings is 1. The maximum atomic E-state index is 4.13. The standard InChI is InChI=1S/C11H23N5/c1-5-8-10(6-2)16-11(13-14-15-16)9(4)12-7-3/h9-10,12H,5-8H2,1-4H3. The monoisotopic (exact) mass is 225 g/mol. The fourth-order valence-electron chi connectivity index (χ4n) is 1.98. The molecule has 0 aliphatic carbocycles. The van der Waals surface area contributed by atoms with Gasteiger partial charge in [-0.25, -0.2) is 4.68 Å². The molecule has 16 heavy (non-hydrogen) atoms. The fourth-order valence-corrected chi connectivity index (χ4v) is 1.98. The van der Waals surface area contributed by atoms with Crippen LogP contribution in [0.4, 0.5) is 0 Å². The second-order valence-electron chi connectivity index (χ2n) is 4.11. The molecule has 1 heterocycles. The molecule has 0 aliphatic rings. The van der Waals surface area contributed by atoms with Crippen molar-refractivity contribution in [1.29, 1.82) is 0 Å². The van der Waals surface area contributed by atoms with Gasteiger partial charge in [0.1, 0.15) is 0 Å². The highest BCUT2D eigenvalue weighted by atomic mass is 15.6. The Balaban J connectivity index is 2.82. The molecular weight excluding hydrogens is 202 g/mol. The van der Waals surface area contributed by atoms with Crippen LogP contribution in [-0.4, -0.2) is 26.8 Å². The molecule has 1 rings (SSSR count). The molecule has 5 nitrogen and oxygen atoms in total. The van der Waals surface area contributed by atoms with Gasteiger partial charge in [-0.3, -0.25) is 0 Å². The van der Waals surface area contributed by atoms with Gasteiger partial charge >= 0.3 is 0 Å². The lowest BCUT2D eigenvalue weighted by atomic mass is 10.1. The zero-order valence-electron chi connectivity index (χ0n) is 10.8. The van der Waals surface area contributed by atoms with Crippen LogP contribution in [0.3, 0.4) is 0 Å². The maximum absolute atomic E-state index is 4.13. The van der Waals surface area contributed by atoms with Crippen LogP contribution in [-0.2, 0) is 0 Å². The summed E-state index contributed by atoms with van der Waals surface area (Å²) >= 11 is 0. The summed E-state index contributed by atoms with van der Waals surface area (Å²) in [4.78, 5) is 0. The van der Waals surface area contributed by atoms with Crippen LogP contribution >= 0.6 is 0 Å². The second kappa shape index (κ2) is 6.58. The van der Waals surface area contributed by atoms with Gasteiger partial charge in [-0.05, 0) is 36.7 Å². The van der Waals surface area contributed by atoms with Crippen LogP contribution in [0.1, 0.15) is 64.9 Å². The Kier molecular flexibility index (Phi) is 5.38. The summed E-state index contributed by atoms with van der Waals surface area (Å²) in [5.41, 5.74) is 0. The maximum Gasteiger partial charge on any atom is 0.168 e. The highest BCUT2D eigenvalue weighted by Gasteiger charge is 2.18. The van der Waals surface area contributed by atoms with Crippen molar-refractivity contribution in [1.82, 2.24) is 25.5 Å². The van der Waals surface area contributed by atoms with Crippen molar-refractivity contribution in [2.45, 2.75) is 59.0 Å². The molecule has 0 fully saturated rings. The highest BCUT2D eigenvalue weighted by molar-refractivity contribution is 4.91. The minimum absolute atomic E-state index is 0.214. The second-order valence-corrected chi connectivity index (χ2v) is 4.11. The predicted molar refractivity (Wildman–Crippen MR) is 64.1 cm³/mol. The third kappa shape index (κ3) is 3.01. The van der Waals surface area contributed by atoms with E-state index in [0.717, 1.165) is 31.6 Å². The third-order valence-corrected chi connectivity index (χ3v) is 2.85. The molecule has 0 radical (unpaired) electrons. The van der Waals surface area contributed by atoms with Crippen LogP contribution in [0, 0.1) is 0 Å². The Morgan fingerprint density at radius 2 is 2.06 bits per heavy atom. The van der Waals surface area contributed by atoms with E-state index in [1.54, 1.807) is 0 Å². The quantitative estimate of drug-likeness (QED) is 0.772. The van der Waals surface area contributed by atoms with Crippen LogP contribution in [0.15, 0.2) is 0 Å². The summed E-state index contributed by atoms with van der Waals surface area (Å²) in [5, 5.41) is 15.4. The first-order valence-corrected chi connectivity index (χ1v) is 6.25. The van der Waals surface area contributed by atoms with Crippen molar-refractivity contribution in [3.05, 3.63) is 5.82 Å². The predicted octanol–water partition coefficient (Wildman–Crippen LogP) is 2.09. The van der Waals surface area contributed by atoms with E-state index in [1.165, 1.54) is 0 Å². The summed E-state index contributed by atoms with van der Waals surface area (Å²) < 4.78 is 1.98. The topological polar surface area (TPSA) is 55.6 Å². The van der Waals surface area contributed by atoms with E-state index in [1.807, 2.05) is 4.68 Å². The Morgan fingerprint density at radius 3 is 2.62 bits per heavy atom. The smallest absolute Gasteiger partial charge is 0.168 e. The summed E-state index contributed by atoms with van der Waals surface area (Å²) in [6.07, 6.45) is 3.37. The molecule has 1 aromatic rings. The normalized spacial score (nSPS) is 15.0. The van der Waals surface area contributed by atoms with Crippen LogP contribution < -0.4 is 5.32 Å². The van der Waals surface area contributed by atoms with Crippen LogP contribution in [0.2, 0.25) is 0 Å². The zero-order valence-corrected chi connectivity index (χ0v) is 10.8. The van der Waals surface area contributed by atoms with E-state index in [9.17, 15) is 0 Å². The largest absolute Gasteiger partial charge is 0.308 e. The first-order chi connectivity index (χ1) is 7.74. The summed E-state index contributed by atoms with van der Waals surface area (Å²) in [7, 11) is 0. The van der Waals surface area contributed by atoms with Crippen molar-refractivity contribution in [3.63, 3.8) is 0 Å². The number of rotatable bonds is 7. The lowest BCUT2D eigenvalue weighted by molar-refractivity contribution is 0.372. The van der Waals surface area contributed by atoms with Crippen molar-refractivity contribution in [2.75, 3.05) is 6.54 Å². The van der Waals surface area contributed by atoms with E-state index in [2.05, 4.69) is 48.5 Å². The molecular formula is C11H23N5. The molecule has 0 aliphatic heterocycles. The molecule has 5 heteroatoms. The summed E-state index contributed by atoms with van der Waals surface area (Å²) in [6.45, 7) is 9.50. The Hall–Kier alpha value is -0.970. The van der Waals surface area contributed by atoms with Gasteiger partial charge in [-0.1, -0.05) is 27.2 Å². The van der Waals surface area contributed by atoms with Gasteiger partial charge in [0.05, 0.1) is 12.1 Å². The SMILES string of the molecule is CCCC(CC)n1nnnc1C(C)NCC. The zero-order chi connectivity index (χ0) is 12.0. The first-order valence-electron chi connectivity index (χ1n) is 6.25. The molecule has 0 saturated carbocycles. The Bertz CT molecular complexity index is 296. The first kappa shape index (κ1) is 13.1. The van der Waals surface area contributed by atoms with E-state index in [-0.39, 0.29) is 6.04 Å². The Labute approximate surface area is 97.6 Å². The van der Waals surface area contributed by atoms with Gasteiger partial charge in [-0.15, -0.1) is 5.10 Å². The van der Waals surface area contributed by atoms with E-state index >= 15 is 0 Å². The molecule has 0 bridgehead atoms. The lowest BCUT2D eigenvalue weighted by Gasteiger charge is -2.18. The number of nitrogens with zero attached hydrogens (tertiary/aromatic N) is 4. The number of hydrogen-bond donors (Lipinski definition) is 1. The van der Waals surface area contributed by atoms with Gasteiger partial charge < -0.3 is 5.32 Å². The van der Waals surface area contributed by atoms with Gasteiger partial charge in [-0.2, -0.15) is 0 Å². The van der Waals surface area contributed by atoms with Crippen molar-refractivity contribution < 1.29 is 0 Å². The number of aromatic nitrogens is 4. The average Bonchev–Trinajstić information content (AvgIpc) is 2.75. The van der Waals surface area contributed by atoms with Gasteiger partial charge in [0.25, 0.3) is 0 Å². The third-order valence-electron chi connectivity index (χ3n) is 2.85. The van der Waals surface area contributed by atoms with Crippen molar-refractivity contribution >= 4 is 0 Å². The fraction of sp³-hybridized carbons (Fsp3) is 0.909. The molecule has 92 valence electrons. The van der Waals surface area contributed by atoms with Crippen molar-refractivity contribution in [2.24, 2.45) is 0 Å². The molecule has 0 amide bonds. The van der Waals surface area contributed by atoms with Gasteiger partial charge in [0, 0.05) is 0 Å². The van der Waals surface area contributed by atoms with Gasteiger partial charge in [0.15, 0.2) is 5.82 Å². The van der Waals surface area contributed by atoms with Crippen LogP contribution in [0.5, 0.6) is 0 Å². The van der Waals surface area contributed by atoms with E-state index < -0.39 is 0 Å². The van der Waals surface area contributed by atoms with Gasteiger partial charge in [0.2, 0.25) is 0 Å². The van der Waals surface area contributed by atoms with E-state index in [0.29, 0.717) is 6.04 Å². The molecule has 0 saturated heterocycles. The minimum atomic E-state index is 0.214. The summed E-state index contributed by atoms with van der Waals surface area (Å²) in [6, 6.07) is 0.641. The van der Waals surface area contributed by atoms with Crippen LogP contribution in [0.25, 0.3) is 0 Å². The number of hydrogen-bond acceptors (Lipinski definition) is 4. The number of nitrogens with one attached hydrogen (secondary N) is 1. The molecule has 2 unspecified atom stereocenters. The van der Waals surface area contributed by atoms with Crippen molar-refractivity contribution in [3.8, 4) is 0 Å².